The maximum absolute atomic E-state index is 13.6. The Balaban J connectivity index is 2.43. The summed E-state index contributed by atoms with van der Waals surface area (Å²) in [5, 5.41) is 0.343. The van der Waals surface area contributed by atoms with E-state index < -0.39 is 11.7 Å². The summed E-state index contributed by atoms with van der Waals surface area (Å²) in [5.41, 5.74) is 5.31. The van der Waals surface area contributed by atoms with Gasteiger partial charge in [0, 0.05) is 9.50 Å². The predicted molar refractivity (Wildman–Crippen MR) is 74.1 cm³/mol. The molecule has 0 radical (unpaired) electrons. The first-order valence-electron chi connectivity index (χ1n) is 5.19. The number of primary amides is 1. The van der Waals surface area contributed by atoms with Crippen LogP contribution in [0.4, 0.5) is 4.39 Å². The Morgan fingerprint density at radius 2 is 1.95 bits per heavy atom. The highest BCUT2D eigenvalue weighted by Gasteiger charge is 2.13. The molecule has 0 heterocycles. The fourth-order valence-corrected chi connectivity index (χ4v) is 1.97. The molecule has 19 heavy (non-hydrogen) atoms. The fourth-order valence-electron chi connectivity index (χ4n) is 1.46. The minimum Gasteiger partial charge on any atom is -0.453 e. The average Bonchev–Trinajstić information content (AvgIpc) is 2.35. The van der Waals surface area contributed by atoms with Gasteiger partial charge in [-0.3, -0.25) is 4.79 Å². The maximum Gasteiger partial charge on any atom is 0.252 e. The molecule has 2 N–H and O–H groups in total. The van der Waals surface area contributed by atoms with Crippen LogP contribution < -0.4 is 10.5 Å². The van der Waals surface area contributed by atoms with Crippen molar-refractivity contribution < 1.29 is 13.9 Å². The van der Waals surface area contributed by atoms with Crippen molar-refractivity contribution in [1.82, 2.24) is 0 Å². The van der Waals surface area contributed by atoms with Gasteiger partial charge in [-0.25, -0.2) is 4.39 Å². The molecule has 0 aliphatic carbocycles. The molecule has 3 nitrogen and oxygen atoms in total. The summed E-state index contributed by atoms with van der Waals surface area (Å²) in [6, 6.07) is 8.60. The van der Waals surface area contributed by atoms with Gasteiger partial charge in [0.1, 0.15) is 5.75 Å². The second kappa shape index (κ2) is 5.59. The van der Waals surface area contributed by atoms with Crippen molar-refractivity contribution in [2.45, 2.75) is 0 Å². The van der Waals surface area contributed by atoms with Crippen LogP contribution in [0.15, 0.2) is 40.9 Å². The van der Waals surface area contributed by atoms with E-state index in [9.17, 15) is 9.18 Å². The number of rotatable bonds is 3. The van der Waals surface area contributed by atoms with E-state index in [0.717, 1.165) is 0 Å². The summed E-state index contributed by atoms with van der Waals surface area (Å²) in [5.74, 6) is -1.12. The van der Waals surface area contributed by atoms with E-state index in [1.165, 1.54) is 30.3 Å². The molecule has 1 amide bonds. The van der Waals surface area contributed by atoms with Crippen molar-refractivity contribution in [3.05, 3.63) is 57.3 Å². The Hall–Kier alpha value is -1.59. The third-order valence-corrected chi connectivity index (χ3v) is 3.05. The van der Waals surface area contributed by atoms with Crippen molar-refractivity contribution in [2.24, 2.45) is 5.73 Å². The molecule has 0 unspecified atom stereocenters. The third kappa shape index (κ3) is 3.24. The maximum atomic E-state index is 13.6. The summed E-state index contributed by atoms with van der Waals surface area (Å²) in [6.45, 7) is 0. The van der Waals surface area contributed by atoms with E-state index in [2.05, 4.69) is 15.9 Å². The number of hydrogen-bond acceptors (Lipinski definition) is 2. The summed E-state index contributed by atoms with van der Waals surface area (Å²) < 4.78 is 19.6. The lowest BCUT2D eigenvalue weighted by Crippen LogP contribution is -2.12. The summed E-state index contributed by atoms with van der Waals surface area (Å²) >= 11 is 8.98. The van der Waals surface area contributed by atoms with E-state index in [1.807, 2.05) is 0 Å². The van der Waals surface area contributed by atoms with Gasteiger partial charge in [-0.1, -0.05) is 27.5 Å². The normalized spacial score (nSPS) is 10.3. The molecule has 2 aromatic carbocycles. The van der Waals surface area contributed by atoms with Crippen LogP contribution in [0.25, 0.3) is 0 Å². The highest BCUT2D eigenvalue weighted by atomic mass is 79.9. The van der Waals surface area contributed by atoms with Crippen LogP contribution >= 0.6 is 27.5 Å². The molecule has 0 spiro atoms. The van der Waals surface area contributed by atoms with Crippen molar-refractivity contribution in [2.75, 3.05) is 0 Å². The van der Waals surface area contributed by atoms with Crippen LogP contribution in [0.1, 0.15) is 10.4 Å². The van der Waals surface area contributed by atoms with Crippen LogP contribution in [-0.4, -0.2) is 5.91 Å². The number of carbonyl (C=O) groups is 1. The molecule has 2 aromatic rings. The molecular weight excluding hydrogens is 337 g/mol. The van der Waals surface area contributed by atoms with Crippen LogP contribution in [0.5, 0.6) is 11.5 Å². The molecular formula is C13H8BrClFNO2. The summed E-state index contributed by atoms with van der Waals surface area (Å²) in [7, 11) is 0. The fraction of sp³-hybridized carbons (Fsp3) is 0. The smallest absolute Gasteiger partial charge is 0.252 e. The van der Waals surface area contributed by atoms with Gasteiger partial charge < -0.3 is 10.5 Å². The predicted octanol–water partition coefficient (Wildman–Crippen LogP) is 4.13. The minimum absolute atomic E-state index is 0.0146. The molecule has 0 aliphatic rings. The van der Waals surface area contributed by atoms with Gasteiger partial charge in [0.05, 0.1) is 5.56 Å². The Morgan fingerprint density at radius 1 is 1.21 bits per heavy atom. The summed E-state index contributed by atoms with van der Waals surface area (Å²) in [6.07, 6.45) is 0. The van der Waals surface area contributed by atoms with E-state index in [-0.39, 0.29) is 17.1 Å². The largest absolute Gasteiger partial charge is 0.453 e. The molecule has 0 saturated carbocycles. The highest BCUT2D eigenvalue weighted by Crippen LogP contribution is 2.31. The SMILES string of the molecule is NC(=O)c1cc(Cl)ccc1Oc1cc(Br)ccc1F. The van der Waals surface area contributed by atoms with E-state index in [4.69, 9.17) is 22.1 Å². The molecule has 0 aromatic heterocycles. The lowest BCUT2D eigenvalue weighted by atomic mass is 10.2. The second-order valence-corrected chi connectivity index (χ2v) is 5.03. The molecule has 0 saturated heterocycles. The zero-order valence-electron chi connectivity index (χ0n) is 9.49. The number of carbonyl (C=O) groups excluding carboxylic acids is 1. The Labute approximate surface area is 122 Å². The molecule has 0 fully saturated rings. The first kappa shape index (κ1) is 13.8. The van der Waals surface area contributed by atoms with E-state index in [1.54, 1.807) is 6.07 Å². The lowest BCUT2D eigenvalue weighted by molar-refractivity contribution is 0.0998. The van der Waals surface area contributed by atoms with Crippen molar-refractivity contribution in [3.8, 4) is 11.5 Å². The first-order valence-corrected chi connectivity index (χ1v) is 6.37. The molecule has 0 atom stereocenters. The quantitative estimate of drug-likeness (QED) is 0.910. The van der Waals surface area contributed by atoms with Gasteiger partial charge in [0.15, 0.2) is 11.6 Å². The number of nitrogens with two attached hydrogens (primary N) is 1. The van der Waals surface area contributed by atoms with Gasteiger partial charge in [0.2, 0.25) is 0 Å². The minimum atomic E-state index is -0.701. The molecule has 0 aliphatic heterocycles. The highest BCUT2D eigenvalue weighted by molar-refractivity contribution is 9.10. The number of ether oxygens (including phenoxy) is 1. The molecule has 98 valence electrons. The van der Waals surface area contributed by atoms with Crippen LogP contribution in [0, 0.1) is 5.82 Å². The van der Waals surface area contributed by atoms with Crippen molar-refractivity contribution >= 4 is 33.4 Å². The second-order valence-electron chi connectivity index (χ2n) is 3.68. The van der Waals surface area contributed by atoms with Crippen LogP contribution in [0.3, 0.4) is 0 Å². The monoisotopic (exact) mass is 343 g/mol. The zero-order chi connectivity index (χ0) is 14.0. The van der Waals surface area contributed by atoms with Crippen LogP contribution in [-0.2, 0) is 0 Å². The number of halogens is 3. The third-order valence-electron chi connectivity index (χ3n) is 2.32. The first-order chi connectivity index (χ1) is 8.97. The zero-order valence-corrected chi connectivity index (χ0v) is 11.8. The number of benzene rings is 2. The van der Waals surface area contributed by atoms with Gasteiger partial charge in [0.25, 0.3) is 5.91 Å². The molecule has 0 bridgehead atoms. The Morgan fingerprint density at radius 3 is 2.63 bits per heavy atom. The van der Waals surface area contributed by atoms with Gasteiger partial charge in [-0.2, -0.15) is 0 Å². The lowest BCUT2D eigenvalue weighted by Gasteiger charge is -2.10. The van der Waals surface area contributed by atoms with E-state index in [0.29, 0.717) is 9.50 Å². The van der Waals surface area contributed by atoms with Crippen LogP contribution in [0.2, 0.25) is 5.02 Å². The van der Waals surface area contributed by atoms with Gasteiger partial charge >= 0.3 is 0 Å². The van der Waals surface area contributed by atoms with Gasteiger partial charge in [-0.15, -0.1) is 0 Å². The summed E-state index contributed by atoms with van der Waals surface area (Å²) in [4.78, 5) is 11.3. The molecule has 6 heteroatoms. The Kier molecular flexibility index (Phi) is 4.07. The van der Waals surface area contributed by atoms with Gasteiger partial charge in [-0.05, 0) is 36.4 Å². The van der Waals surface area contributed by atoms with E-state index >= 15 is 0 Å². The average molecular weight is 345 g/mol. The standard InChI is InChI=1S/C13H8BrClFNO2/c14-7-1-3-10(16)12(5-7)19-11-4-2-8(15)6-9(11)13(17)18/h1-6H,(H2,17,18). The number of amides is 1. The Bertz CT molecular complexity index is 649. The topological polar surface area (TPSA) is 52.3 Å². The molecule has 2 rings (SSSR count). The van der Waals surface area contributed by atoms with Crippen molar-refractivity contribution in [3.63, 3.8) is 0 Å². The van der Waals surface area contributed by atoms with Crippen molar-refractivity contribution in [1.29, 1.82) is 0 Å². The number of hydrogen-bond donors (Lipinski definition) is 1.